The first-order chi connectivity index (χ1) is 7.69. The SMILES string of the molecule is CNCCC(O)C(O)c1ccc(CO)cn1. The molecule has 0 amide bonds. The molecule has 0 fully saturated rings. The van der Waals surface area contributed by atoms with Gasteiger partial charge in [0.1, 0.15) is 6.10 Å². The van der Waals surface area contributed by atoms with Crippen LogP contribution in [0, 0.1) is 0 Å². The fourth-order valence-corrected chi connectivity index (χ4v) is 1.35. The monoisotopic (exact) mass is 226 g/mol. The van der Waals surface area contributed by atoms with Crippen molar-refractivity contribution in [2.45, 2.75) is 25.2 Å². The first-order valence-electron chi connectivity index (χ1n) is 5.25. The molecule has 2 atom stereocenters. The second kappa shape index (κ2) is 6.55. The lowest BCUT2D eigenvalue weighted by molar-refractivity contribution is 0.0115. The van der Waals surface area contributed by atoms with Crippen molar-refractivity contribution in [3.63, 3.8) is 0 Å². The molecular formula is C11H18N2O3. The number of hydrogen-bond acceptors (Lipinski definition) is 5. The predicted octanol–water partition coefficient (Wildman–Crippen LogP) is -0.422. The molecule has 4 N–H and O–H groups in total. The largest absolute Gasteiger partial charge is 0.392 e. The van der Waals surface area contributed by atoms with E-state index in [0.717, 1.165) is 0 Å². The van der Waals surface area contributed by atoms with E-state index in [2.05, 4.69) is 10.3 Å². The van der Waals surface area contributed by atoms with E-state index < -0.39 is 12.2 Å². The summed E-state index contributed by atoms with van der Waals surface area (Å²) < 4.78 is 0. The van der Waals surface area contributed by atoms with E-state index in [0.29, 0.717) is 24.2 Å². The van der Waals surface area contributed by atoms with E-state index >= 15 is 0 Å². The summed E-state index contributed by atoms with van der Waals surface area (Å²) in [6.45, 7) is 0.554. The van der Waals surface area contributed by atoms with Crippen molar-refractivity contribution in [3.05, 3.63) is 29.6 Å². The van der Waals surface area contributed by atoms with E-state index in [9.17, 15) is 10.2 Å². The van der Waals surface area contributed by atoms with Gasteiger partial charge in [0.2, 0.25) is 0 Å². The van der Waals surface area contributed by atoms with E-state index in [-0.39, 0.29) is 6.61 Å². The fourth-order valence-electron chi connectivity index (χ4n) is 1.35. The summed E-state index contributed by atoms with van der Waals surface area (Å²) >= 11 is 0. The van der Waals surface area contributed by atoms with Crippen LogP contribution in [0.1, 0.15) is 23.8 Å². The molecule has 1 aromatic rings. The van der Waals surface area contributed by atoms with Crippen molar-refractivity contribution >= 4 is 0 Å². The molecule has 2 unspecified atom stereocenters. The molecule has 0 spiro atoms. The molecule has 0 radical (unpaired) electrons. The van der Waals surface area contributed by atoms with Gasteiger partial charge in [0.25, 0.3) is 0 Å². The number of nitrogens with zero attached hydrogens (tertiary/aromatic N) is 1. The zero-order chi connectivity index (χ0) is 12.0. The molecule has 1 rings (SSSR count). The van der Waals surface area contributed by atoms with Crippen molar-refractivity contribution in [2.24, 2.45) is 0 Å². The van der Waals surface area contributed by atoms with Crippen molar-refractivity contribution < 1.29 is 15.3 Å². The third-order valence-electron chi connectivity index (χ3n) is 2.39. The average molecular weight is 226 g/mol. The van der Waals surface area contributed by atoms with Crippen LogP contribution in [0.25, 0.3) is 0 Å². The summed E-state index contributed by atoms with van der Waals surface area (Å²) in [6.07, 6.45) is 0.130. The Morgan fingerprint density at radius 2 is 2.12 bits per heavy atom. The van der Waals surface area contributed by atoms with Gasteiger partial charge in [0.05, 0.1) is 18.4 Å². The Hall–Kier alpha value is -1.01. The molecule has 0 aliphatic rings. The Labute approximate surface area is 94.8 Å². The van der Waals surface area contributed by atoms with Crippen LogP contribution in [0.15, 0.2) is 18.3 Å². The Kier molecular flexibility index (Phi) is 5.34. The van der Waals surface area contributed by atoms with Crippen LogP contribution in [0.4, 0.5) is 0 Å². The number of aliphatic hydroxyl groups excluding tert-OH is 3. The van der Waals surface area contributed by atoms with Gasteiger partial charge < -0.3 is 20.6 Å². The van der Waals surface area contributed by atoms with Gasteiger partial charge in [0.15, 0.2) is 0 Å². The fraction of sp³-hybridized carbons (Fsp3) is 0.545. The van der Waals surface area contributed by atoms with Crippen molar-refractivity contribution in [3.8, 4) is 0 Å². The van der Waals surface area contributed by atoms with Gasteiger partial charge in [-0.05, 0) is 31.6 Å². The Morgan fingerprint density at radius 1 is 1.38 bits per heavy atom. The minimum absolute atomic E-state index is 0.0777. The lowest BCUT2D eigenvalue weighted by atomic mass is 10.1. The highest BCUT2D eigenvalue weighted by Crippen LogP contribution is 2.16. The second-order valence-electron chi connectivity index (χ2n) is 3.65. The molecule has 0 bridgehead atoms. The summed E-state index contributed by atoms with van der Waals surface area (Å²) in [6, 6.07) is 3.29. The molecular weight excluding hydrogens is 208 g/mol. The smallest absolute Gasteiger partial charge is 0.122 e. The molecule has 5 heteroatoms. The van der Waals surface area contributed by atoms with E-state index in [1.807, 2.05) is 0 Å². The molecule has 0 aromatic carbocycles. The number of aromatic nitrogens is 1. The Morgan fingerprint density at radius 3 is 2.62 bits per heavy atom. The summed E-state index contributed by atoms with van der Waals surface area (Å²) in [5, 5.41) is 31.2. The van der Waals surface area contributed by atoms with Crippen LogP contribution >= 0.6 is 0 Å². The van der Waals surface area contributed by atoms with Crippen molar-refractivity contribution in [1.29, 1.82) is 0 Å². The summed E-state index contributed by atoms with van der Waals surface area (Å²) in [5.41, 5.74) is 1.10. The Balaban J connectivity index is 2.60. The molecule has 1 aromatic heterocycles. The number of nitrogens with one attached hydrogen (secondary N) is 1. The molecule has 90 valence electrons. The standard InChI is InChI=1S/C11H18N2O3/c1-12-5-4-10(15)11(16)9-3-2-8(7-14)6-13-9/h2-3,6,10-12,14-16H,4-5,7H2,1H3. The Bertz CT molecular complexity index is 303. The molecule has 0 aliphatic heterocycles. The van der Waals surface area contributed by atoms with Gasteiger partial charge in [-0.1, -0.05) is 6.07 Å². The third-order valence-corrected chi connectivity index (χ3v) is 2.39. The highest BCUT2D eigenvalue weighted by Gasteiger charge is 2.18. The lowest BCUT2D eigenvalue weighted by Crippen LogP contribution is -2.23. The van der Waals surface area contributed by atoms with Crippen molar-refractivity contribution in [1.82, 2.24) is 10.3 Å². The van der Waals surface area contributed by atoms with Crippen LogP contribution in [-0.4, -0.2) is 40.0 Å². The van der Waals surface area contributed by atoms with E-state index in [1.54, 1.807) is 19.2 Å². The number of rotatable bonds is 6. The normalized spacial score (nSPS) is 14.8. The summed E-state index contributed by atoms with van der Waals surface area (Å²) in [4.78, 5) is 3.99. The molecule has 16 heavy (non-hydrogen) atoms. The van der Waals surface area contributed by atoms with Crippen LogP contribution < -0.4 is 5.32 Å². The first-order valence-corrected chi connectivity index (χ1v) is 5.25. The zero-order valence-corrected chi connectivity index (χ0v) is 9.30. The lowest BCUT2D eigenvalue weighted by Gasteiger charge is -2.17. The second-order valence-corrected chi connectivity index (χ2v) is 3.65. The minimum Gasteiger partial charge on any atom is -0.392 e. The molecule has 0 aliphatic carbocycles. The van der Waals surface area contributed by atoms with Crippen LogP contribution in [0.5, 0.6) is 0 Å². The van der Waals surface area contributed by atoms with Gasteiger partial charge in [-0.3, -0.25) is 4.98 Å². The quantitative estimate of drug-likeness (QED) is 0.529. The van der Waals surface area contributed by atoms with Crippen molar-refractivity contribution in [2.75, 3.05) is 13.6 Å². The minimum atomic E-state index is -0.985. The third kappa shape index (κ3) is 3.53. The zero-order valence-electron chi connectivity index (χ0n) is 9.30. The van der Waals surface area contributed by atoms with Gasteiger partial charge in [-0.15, -0.1) is 0 Å². The van der Waals surface area contributed by atoms with Crippen LogP contribution in [0.2, 0.25) is 0 Å². The van der Waals surface area contributed by atoms with Gasteiger partial charge in [-0.2, -0.15) is 0 Å². The van der Waals surface area contributed by atoms with Crippen LogP contribution in [0.3, 0.4) is 0 Å². The highest BCUT2D eigenvalue weighted by atomic mass is 16.3. The molecule has 0 saturated carbocycles. The first kappa shape index (κ1) is 13.1. The van der Waals surface area contributed by atoms with E-state index in [4.69, 9.17) is 5.11 Å². The number of pyridine rings is 1. The molecule has 5 nitrogen and oxygen atoms in total. The van der Waals surface area contributed by atoms with Crippen LogP contribution in [-0.2, 0) is 6.61 Å². The molecule has 1 heterocycles. The van der Waals surface area contributed by atoms with E-state index in [1.165, 1.54) is 6.20 Å². The summed E-state index contributed by atoms with van der Waals surface area (Å²) in [5.74, 6) is 0. The van der Waals surface area contributed by atoms with Gasteiger partial charge in [0, 0.05) is 6.20 Å². The van der Waals surface area contributed by atoms with Gasteiger partial charge in [-0.25, -0.2) is 0 Å². The molecule has 0 saturated heterocycles. The summed E-state index contributed by atoms with van der Waals surface area (Å²) in [7, 11) is 1.79. The predicted molar refractivity (Wildman–Crippen MR) is 59.7 cm³/mol. The topological polar surface area (TPSA) is 85.6 Å². The highest BCUT2D eigenvalue weighted by molar-refractivity contribution is 5.15. The average Bonchev–Trinajstić information content (AvgIpc) is 2.35. The van der Waals surface area contributed by atoms with Gasteiger partial charge >= 0.3 is 0 Å². The maximum atomic E-state index is 9.78. The number of aliphatic hydroxyl groups is 3. The maximum Gasteiger partial charge on any atom is 0.122 e. The maximum absolute atomic E-state index is 9.78. The number of hydrogen-bond donors (Lipinski definition) is 4.